The number of carbonyl (C=O) groups is 1. The summed E-state index contributed by atoms with van der Waals surface area (Å²) in [7, 11) is 0. The Kier molecular flexibility index (Phi) is 4.32. The monoisotopic (exact) mass is 391 g/mol. The van der Waals surface area contributed by atoms with Crippen molar-refractivity contribution in [2.45, 2.75) is 0 Å². The summed E-state index contributed by atoms with van der Waals surface area (Å²) in [5, 5.41) is 31.9. The minimum atomic E-state index is -0.455. The maximum absolute atomic E-state index is 12.3. The van der Waals surface area contributed by atoms with E-state index in [1.54, 1.807) is 36.4 Å². The highest BCUT2D eigenvalue weighted by Crippen LogP contribution is 2.27. The van der Waals surface area contributed by atoms with Crippen LogP contribution in [0.4, 0.5) is 11.4 Å². The normalized spacial score (nSPS) is 10.8. The molecular formula is C20H15N4O5+. The zero-order valence-electron chi connectivity index (χ0n) is 14.9. The Balaban J connectivity index is 1.61. The van der Waals surface area contributed by atoms with E-state index >= 15 is 0 Å². The number of phenols is 1. The summed E-state index contributed by atoms with van der Waals surface area (Å²) in [4.78, 5) is 27.3. The number of aromatic hydroxyl groups is 1. The van der Waals surface area contributed by atoms with Gasteiger partial charge in [0.1, 0.15) is 11.3 Å². The zero-order valence-corrected chi connectivity index (χ0v) is 14.9. The molecule has 9 heteroatoms. The van der Waals surface area contributed by atoms with Crippen LogP contribution < -0.4 is 5.32 Å². The molecule has 4 N–H and O–H groups in total. The summed E-state index contributed by atoms with van der Waals surface area (Å²) >= 11 is 0. The van der Waals surface area contributed by atoms with E-state index in [0.29, 0.717) is 16.8 Å². The van der Waals surface area contributed by atoms with Gasteiger partial charge >= 0.3 is 5.69 Å². The van der Waals surface area contributed by atoms with Crippen molar-refractivity contribution in [3.63, 3.8) is 0 Å². The topological polar surface area (TPSA) is 128 Å². The second-order valence-electron chi connectivity index (χ2n) is 6.24. The molecule has 4 rings (SSSR count). The number of hydrogen-bond donors (Lipinski definition) is 4. The highest BCUT2D eigenvalue weighted by Gasteiger charge is 2.18. The van der Waals surface area contributed by atoms with E-state index in [0.717, 1.165) is 4.73 Å². The molecule has 0 saturated heterocycles. The molecule has 1 amide bonds. The van der Waals surface area contributed by atoms with Crippen LogP contribution >= 0.6 is 0 Å². The Hall–Kier alpha value is -4.40. The van der Waals surface area contributed by atoms with Gasteiger partial charge in [-0.1, -0.05) is 12.1 Å². The second-order valence-corrected chi connectivity index (χ2v) is 6.24. The van der Waals surface area contributed by atoms with Crippen molar-refractivity contribution in [3.8, 4) is 17.1 Å². The molecule has 1 aromatic heterocycles. The summed E-state index contributed by atoms with van der Waals surface area (Å²) in [5.74, 6) is -0.343. The Labute approximate surface area is 163 Å². The van der Waals surface area contributed by atoms with Gasteiger partial charge in [-0.05, 0) is 42.5 Å². The lowest BCUT2D eigenvalue weighted by Crippen LogP contribution is -2.11. The number of nitrogens with one attached hydrogen (secondary N) is 1. The van der Waals surface area contributed by atoms with Crippen LogP contribution in [0.2, 0.25) is 0 Å². The van der Waals surface area contributed by atoms with Crippen molar-refractivity contribution in [2.24, 2.45) is 0 Å². The van der Waals surface area contributed by atoms with E-state index in [2.05, 4.69) is 10.3 Å². The standard InChI is InChI=1S/C20H14N4O5/c25-18-4-2-1-3-15(18)20(26)21-13-7-5-12(6-8-13)19-22-16-10-9-14(24(28)29)11-17(16)23(19)27/h1-11,27H,(H2-,21,22,25,26,28,29)/p+1. The Morgan fingerprint density at radius 1 is 1.03 bits per heavy atom. The summed E-state index contributed by atoms with van der Waals surface area (Å²) in [5.41, 5.74) is 1.86. The van der Waals surface area contributed by atoms with Crippen molar-refractivity contribution in [2.75, 3.05) is 5.32 Å². The summed E-state index contributed by atoms with van der Waals surface area (Å²) < 4.78 is 0.817. The highest BCUT2D eigenvalue weighted by atomic mass is 16.6. The smallest absolute Gasteiger partial charge is 0.318 e. The van der Waals surface area contributed by atoms with Gasteiger partial charge in [0.25, 0.3) is 10.8 Å². The Bertz CT molecular complexity index is 1250. The molecule has 4 aromatic rings. The van der Waals surface area contributed by atoms with Crippen LogP contribution in [-0.2, 0) is 0 Å². The van der Waals surface area contributed by atoms with E-state index in [4.69, 9.17) is 5.21 Å². The number of para-hydroxylation sites is 1. The van der Waals surface area contributed by atoms with Crippen molar-refractivity contribution in [1.82, 2.24) is 9.71 Å². The van der Waals surface area contributed by atoms with Crippen molar-refractivity contribution in [1.29, 1.82) is 0 Å². The number of fused-ring (bicyclic) bond motifs is 1. The SMILES string of the molecule is O=C(Nc1ccc(-c2nc3ccc([N+](=O)O)cc3n2O)cc1)c1ccccc1O. The average molecular weight is 391 g/mol. The van der Waals surface area contributed by atoms with Gasteiger partial charge in [0.2, 0.25) is 0 Å². The predicted molar refractivity (Wildman–Crippen MR) is 103 cm³/mol. The minimum absolute atomic E-state index is 0.0403. The van der Waals surface area contributed by atoms with Crippen LogP contribution in [0.3, 0.4) is 0 Å². The Morgan fingerprint density at radius 3 is 2.45 bits per heavy atom. The van der Waals surface area contributed by atoms with Gasteiger partial charge in [0.05, 0.1) is 16.0 Å². The van der Waals surface area contributed by atoms with Crippen LogP contribution in [0.5, 0.6) is 5.75 Å². The lowest BCUT2D eigenvalue weighted by Gasteiger charge is -2.07. The van der Waals surface area contributed by atoms with E-state index in [-0.39, 0.29) is 33.3 Å². The third-order valence-electron chi connectivity index (χ3n) is 4.38. The highest BCUT2D eigenvalue weighted by molar-refractivity contribution is 6.06. The van der Waals surface area contributed by atoms with Crippen molar-refractivity contribution < 1.29 is 25.2 Å². The van der Waals surface area contributed by atoms with Gasteiger partial charge in [0.15, 0.2) is 5.82 Å². The number of imidazole rings is 1. The van der Waals surface area contributed by atoms with Gasteiger partial charge < -0.3 is 15.6 Å². The number of carbonyl (C=O) groups excluding carboxylic acids is 1. The predicted octanol–water partition coefficient (Wildman–Crippen LogP) is 3.70. The fourth-order valence-corrected chi connectivity index (χ4v) is 2.92. The van der Waals surface area contributed by atoms with Gasteiger partial charge in [0, 0.05) is 23.4 Å². The number of anilines is 1. The fourth-order valence-electron chi connectivity index (χ4n) is 2.92. The van der Waals surface area contributed by atoms with Crippen molar-refractivity contribution >= 4 is 28.3 Å². The summed E-state index contributed by atoms with van der Waals surface area (Å²) in [6, 6.07) is 17.0. The molecule has 29 heavy (non-hydrogen) atoms. The average Bonchev–Trinajstić information content (AvgIpc) is 3.05. The van der Waals surface area contributed by atoms with E-state index < -0.39 is 5.91 Å². The molecule has 0 aliphatic rings. The number of rotatable bonds is 4. The lowest BCUT2D eigenvalue weighted by molar-refractivity contribution is -0.729. The molecule has 0 fully saturated rings. The van der Waals surface area contributed by atoms with Gasteiger partial charge in [-0.2, -0.15) is 4.73 Å². The summed E-state index contributed by atoms with van der Waals surface area (Å²) in [6.07, 6.45) is 0. The third-order valence-corrected chi connectivity index (χ3v) is 4.38. The van der Waals surface area contributed by atoms with Gasteiger partial charge in [-0.25, -0.2) is 10.2 Å². The van der Waals surface area contributed by atoms with E-state index in [9.17, 15) is 20.0 Å². The number of aromatic nitrogens is 2. The van der Waals surface area contributed by atoms with E-state index in [1.165, 1.54) is 30.3 Å². The number of phenolic OH excluding ortho intramolecular Hbond substituents is 1. The first kappa shape index (κ1) is 18.0. The molecule has 0 aliphatic carbocycles. The second kappa shape index (κ2) is 6.97. The minimum Gasteiger partial charge on any atom is -0.507 e. The van der Waals surface area contributed by atoms with Crippen LogP contribution in [0.15, 0.2) is 66.7 Å². The molecule has 0 saturated carbocycles. The Morgan fingerprint density at radius 2 is 1.76 bits per heavy atom. The number of nitrogens with zero attached hydrogens (tertiary/aromatic N) is 3. The molecule has 0 radical (unpaired) electrons. The van der Waals surface area contributed by atoms with Crippen LogP contribution in [0, 0.1) is 4.91 Å². The molecule has 144 valence electrons. The number of hydrogen-bond acceptors (Lipinski definition) is 5. The quantitative estimate of drug-likeness (QED) is 0.310. The molecule has 0 aliphatic heterocycles. The first-order valence-electron chi connectivity index (χ1n) is 8.52. The number of amides is 1. The van der Waals surface area contributed by atoms with Crippen LogP contribution in [0.1, 0.15) is 10.4 Å². The first-order chi connectivity index (χ1) is 13.9. The molecule has 0 bridgehead atoms. The maximum atomic E-state index is 12.3. The zero-order chi connectivity index (χ0) is 20.5. The molecule has 0 unspecified atom stereocenters. The van der Waals surface area contributed by atoms with Crippen molar-refractivity contribution in [3.05, 3.63) is 77.2 Å². The molecule has 1 heterocycles. The van der Waals surface area contributed by atoms with Crippen LogP contribution in [0.25, 0.3) is 22.4 Å². The molecular weight excluding hydrogens is 376 g/mol. The molecule has 9 nitrogen and oxygen atoms in total. The van der Waals surface area contributed by atoms with E-state index in [1.807, 2.05) is 0 Å². The van der Waals surface area contributed by atoms with Gasteiger partial charge in [-0.15, -0.1) is 0 Å². The molecule has 0 spiro atoms. The summed E-state index contributed by atoms with van der Waals surface area (Å²) in [6.45, 7) is 0. The number of benzene rings is 3. The molecule has 0 atom stereocenters. The molecule has 3 aromatic carbocycles. The lowest BCUT2D eigenvalue weighted by atomic mass is 10.1. The fraction of sp³-hybridized carbons (Fsp3) is 0. The van der Waals surface area contributed by atoms with Gasteiger partial charge in [-0.3, -0.25) is 4.79 Å². The third kappa shape index (κ3) is 3.32. The largest absolute Gasteiger partial charge is 0.507 e. The van der Waals surface area contributed by atoms with Crippen LogP contribution in [-0.4, -0.2) is 36.1 Å². The first-order valence-corrected chi connectivity index (χ1v) is 8.52. The maximum Gasteiger partial charge on any atom is 0.318 e.